The summed E-state index contributed by atoms with van der Waals surface area (Å²) >= 11 is 0. The van der Waals surface area contributed by atoms with Crippen LogP contribution in [0.25, 0.3) is 22.8 Å². The summed E-state index contributed by atoms with van der Waals surface area (Å²) in [5, 5.41) is -0.376. The maximum atomic E-state index is 13.8. The van der Waals surface area contributed by atoms with Crippen LogP contribution < -0.4 is 20.5 Å². The van der Waals surface area contributed by atoms with Crippen LogP contribution in [0.15, 0.2) is 78.1 Å². The highest BCUT2D eigenvalue weighted by Crippen LogP contribution is 2.33. The molecule has 192 valence electrons. The van der Waals surface area contributed by atoms with Gasteiger partial charge in [-0.3, -0.25) is 4.31 Å². The normalized spacial score (nSPS) is 13.5. The molecular formula is C25H22N8O4S. The predicted molar refractivity (Wildman–Crippen MR) is 141 cm³/mol. The maximum Gasteiger partial charge on any atom is 0.342 e. The van der Waals surface area contributed by atoms with Gasteiger partial charge in [0.05, 0.1) is 29.0 Å². The highest BCUT2D eigenvalue weighted by molar-refractivity contribution is 7.93. The van der Waals surface area contributed by atoms with Gasteiger partial charge in [0, 0.05) is 7.05 Å². The number of imidazole rings is 1. The van der Waals surface area contributed by atoms with Crippen molar-refractivity contribution in [2.45, 2.75) is 18.1 Å². The first-order chi connectivity index (χ1) is 18.3. The first kappa shape index (κ1) is 23.6. The number of nitrogens with zero attached hydrogens (tertiary/aromatic N) is 7. The fourth-order valence-electron chi connectivity index (χ4n) is 4.13. The molecule has 0 amide bonds. The van der Waals surface area contributed by atoms with Crippen molar-refractivity contribution < 1.29 is 13.2 Å². The van der Waals surface area contributed by atoms with Gasteiger partial charge in [0.2, 0.25) is 16.0 Å². The molecule has 1 aliphatic rings. The molecule has 3 heterocycles. The summed E-state index contributed by atoms with van der Waals surface area (Å²) in [6.45, 7) is 0. The minimum atomic E-state index is -3.48. The second-order valence-corrected chi connectivity index (χ2v) is 11.0. The number of ether oxygens (including phenoxy) is 1. The van der Waals surface area contributed by atoms with Gasteiger partial charge in [-0.2, -0.15) is 0 Å². The molecule has 0 saturated heterocycles. The van der Waals surface area contributed by atoms with Crippen LogP contribution in [0.3, 0.4) is 0 Å². The summed E-state index contributed by atoms with van der Waals surface area (Å²) in [6.07, 6.45) is 5.44. The average molecular weight is 531 g/mol. The largest absolute Gasteiger partial charge is 0.454 e. The second kappa shape index (κ2) is 8.95. The van der Waals surface area contributed by atoms with Crippen LogP contribution in [0, 0.1) is 0 Å². The second-order valence-electron chi connectivity index (χ2n) is 8.75. The molecule has 0 bridgehead atoms. The number of para-hydroxylation sites is 1. The van der Waals surface area contributed by atoms with E-state index < -0.39 is 15.7 Å². The lowest BCUT2D eigenvalue weighted by molar-refractivity contribution is 0.477. The minimum Gasteiger partial charge on any atom is -0.454 e. The van der Waals surface area contributed by atoms with Crippen LogP contribution in [0.5, 0.6) is 11.5 Å². The monoisotopic (exact) mass is 530 g/mol. The number of rotatable bonds is 7. The number of hydrogen-bond acceptors (Lipinski definition) is 9. The zero-order valence-electron chi connectivity index (χ0n) is 20.2. The van der Waals surface area contributed by atoms with Crippen molar-refractivity contribution in [1.29, 1.82) is 0 Å². The molecule has 0 radical (unpaired) electrons. The molecule has 12 nitrogen and oxygen atoms in total. The summed E-state index contributed by atoms with van der Waals surface area (Å²) in [7, 11) is -1.97. The number of nitrogens with two attached hydrogens (primary N) is 1. The molecule has 38 heavy (non-hydrogen) atoms. The Bertz CT molecular complexity index is 1810. The standard InChI is InChI=1S/C25H22N8O4S/c1-31(38(35,36)20-10-11-20)16-6-5-7-17(12-16)32-23-21(22(26)29-15-30-23)33(25(32)34)24-27-13-19(14-28-24)37-18-8-3-2-4-9-18/h2-9,12-15,20H,10-11H2,1H3,(H2,26,29,30). The van der Waals surface area contributed by atoms with Crippen molar-refractivity contribution in [2.24, 2.45) is 0 Å². The van der Waals surface area contributed by atoms with E-state index in [1.165, 1.54) is 39.2 Å². The Labute approximate surface area is 217 Å². The molecule has 2 aromatic carbocycles. The van der Waals surface area contributed by atoms with Crippen LogP contribution in [-0.2, 0) is 10.0 Å². The van der Waals surface area contributed by atoms with E-state index in [4.69, 9.17) is 10.5 Å². The zero-order valence-corrected chi connectivity index (χ0v) is 21.0. The molecule has 5 aromatic rings. The number of sulfonamides is 1. The Kier molecular flexibility index (Phi) is 5.56. The Balaban J connectivity index is 1.44. The van der Waals surface area contributed by atoms with Crippen LogP contribution in [-0.4, -0.2) is 49.8 Å². The van der Waals surface area contributed by atoms with Gasteiger partial charge < -0.3 is 10.5 Å². The number of nitrogen functional groups attached to an aromatic ring is 1. The lowest BCUT2D eigenvalue weighted by Gasteiger charge is -2.20. The van der Waals surface area contributed by atoms with Gasteiger partial charge in [-0.05, 0) is 43.2 Å². The molecule has 1 fully saturated rings. The lowest BCUT2D eigenvalue weighted by Crippen LogP contribution is -2.30. The third kappa shape index (κ3) is 4.02. The van der Waals surface area contributed by atoms with E-state index in [0.717, 1.165) is 0 Å². The van der Waals surface area contributed by atoms with Gasteiger partial charge in [-0.25, -0.2) is 42.3 Å². The summed E-state index contributed by atoms with van der Waals surface area (Å²) < 4.78 is 35.1. The van der Waals surface area contributed by atoms with Gasteiger partial charge >= 0.3 is 5.69 Å². The summed E-state index contributed by atoms with van der Waals surface area (Å²) in [6, 6.07) is 15.8. The third-order valence-corrected chi connectivity index (χ3v) is 8.51. The van der Waals surface area contributed by atoms with Gasteiger partial charge in [-0.1, -0.05) is 24.3 Å². The van der Waals surface area contributed by atoms with Crippen molar-refractivity contribution in [2.75, 3.05) is 17.1 Å². The molecule has 1 aliphatic carbocycles. The molecule has 13 heteroatoms. The van der Waals surface area contributed by atoms with E-state index in [1.54, 1.807) is 36.4 Å². The van der Waals surface area contributed by atoms with Crippen molar-refractivity contribution in [3.05, 3.63) is 83.8 Å². The average Bonchev–Trinajstić information content (AvgIpc) is 3.74. The van der Waals surface area contributed by atoms with E-state index in [2.05, 4.69) is 19.9 Å². The summed E-state index contributed by atoms with van der Waals surface area (Å²) in [5.41, 5.74) is 6.89. The number of anilines is 2. The van der Waals surface area contributed by atoms with Crippen molar-refractivity contribution >= 4 is 32.7 Å². The molecule has 0 spiro atoms. The maximum absolute atomic E-state index is 13.8. The number of benzene rings is 2. The molecule has 3 aromatic heterocycles. The Morgan fingerprint density at radius 1 is 0.947 bits per heavy atom. The van der Waals surface area contributed by atoms with Crippen LogP contribution in [0.1, 0.15) is 12.8 Å². The summed E-state index contributed by atoms with van der Waals surface area (Å²) in [4.78, 5) is 30.8. The van der Waals surface area contributed by atoms with Crippen LogP contribution >= 0.6 is 0 Å². The molecule has 1 saturated carbocycles. The molecule has 0 atom stereocenters. The molecule has 6 rings (SSSR count). The number of aromatic nitrogens is 6. The first-order valence-electron chi connectivity index (χ1n) is 11.7. The zero-order chi connectivity index (χ0) is 26.4. The smallest absolute Gasteiger partial charge is 0.342 e. The third-order valence-electron chi connectivity index (χ3n) is 6.22. The van der Waals surface area contributed by atoms with Gasteiger partial charge in [0.15, 0.2) is 17.2 Å². The van der Waals surface area contributed by atoms with E-state index >= 15 is 0 Å². The Morgan fingerprint density at radius 3 is 2.39 bits per heavy atom. The Morgan fingerprint density at radius 2 is 1.68 bits per heavy atom. The number of fused-ring (bicyclic) bond motifs is 1. The van der Waals surface area contributed by atoms with E-state index in [-0.39, 0.29) is 28.2 Å². The number of hydrogen-bond donors (Lipinski definition) is 1. The molecule has 2 N–H and O–H groups in total. The van der Waals surface area contributed by atoms with Gasteiger partial charge in [0.1, 0.15) is 17.6 Å². The summed E-state index contributed by atoms with van der Waals surface area (Å²) in [5.74, 6) is 1.10. The van der Waals surface area contributed by atoms with Gasteiger partial charge in [0.25, 0.3) is 0 Å². The molecular weight excluding hydrogens is 508 g/mol. The Hall–Kier alpha value is -4.78. The van der Waals surface area contributed by atoms with Crippen molar-refractivity contribution in [3.63, 3.8) is 0 Å². The fraction of sp³-hybridized carbons (Fsp3) is 0.160. The highest BCUT2D eigenvalue weighted by atomic mass is 32.2. The quantitative estimate of drug-likeness (QED) is 0.335. The molecule has 0 aliphatic heterocycles. The lowest BCUT2D eigenvalue weighted by atomic mass is 10.2. The van der Waals surface area contributed by atoms with E-state index in [9.17, 15) is 13.2 Å². The van der Waals surface area contributed by atoms with Crippen molar-refractivity contribution in [1.82, 2.24) is 29.1 Å². The highest BCUT2D eigenvalue weighted by Gasteiger charge is 2.39. The molecule has 0 unspecified atom stereocenters. The van der Waals surface area contributed by atoms with E-state index in [0.29, 0.717) is 35.7 Å². The SMILES string of the molecule is CN(c1cccc(-n2c(=O)n(-c3ncc(Oc4ccccc4)cn3)c3c(N)ncnc32)c1)S(=O)(=O)C1CC1. The van der Waals surface area contributed by atoms with Crippen LogP contribution in [0.4, 0.5) is 11.5 Å². The minimum absolute atomic E-state index is 0.0465. The van der Waals surface area contributed by atoms with Crippen LogP contribution in [0.2, 0.25) is 0 Å². The van der Waals surface area contributed by atoms with Gasteiger partial charge in [-0.15, -0.1) is 0 Å². The topological polar surface area (TPSA) is 151 Å². The van der Waals surface area contributed by atoms with Crippen molar-refractivity contribution in [3.8, 4) is 23.1 Å². The first-order valence-corrected chi connectivity index (χ1v) is 13.2. The van der Waals surface area contributed by atoms with E-state index in [1.807, 2.05) is 18.2 Å². The predicted octanol–water partition coefficient (Wildman–Crippen LogP) is 2.66. The fourth-order valence-corrected chi connectivity index (χ4v) is 5.72.